The quantitative estimate of drug-likeness (QED) is 0.710. The Morgan fingerprint density at radius 2 is 2.04 bits per heavy atom. The number of nitrogens with one attached hydrogen (secondary N) is 2. The van der Waals surface area contributed by atoms with Crippen molar-refractivity contribution >= 4 is 27.6 Å². The predicted octanol–water partition coefficient (Wildman–Crippen LogP) is 3.10. The molecule has 7 heteroatoms. The maximum atomic E-state index is 12.4. The van der Waals surface area contributed by atoms with Crippen molar-refractivity contribution in [1.82, 2.24) is 10.3 Å². The van der Waals surface area contributed by atoms with E-state index < -0.39 is 11.5 Å². The molecule has 1 aromatic heterocycles. The summed E-state index contributed by atoms with van der Waals surface area (Å²) in [4.78, 5) is 39.7. The van der Waals surface area contributed by atoms with E-state index in [-0.39, 0.29) is 29.9 Å². The standard InChI is InChI=1S/C20H21BrN2O4/c1-20(2)10-16-14(17(24)11-20)9-15(19(26)23-16)18(25)22-6-7-27-13-5-3-4-12(21)8-13/h3-5,8-9H,6-7,10-11H2,1-2H3,(H,22,25)(H,23,26). The fourth-order valence-corrected chi connectivity index (χ4v) is 3.56. The Labute approximate surface area is 165 Å². The second-order valence-corrected chi connectivity index (χ2v) is 8.32. The van der Waals surface area contributed by atoms with Crippen LogP contribution >= 0.6 is 15.9 Å². The highest BCUT2D eigenvalue weighted by molar-refractivity contribution is 9.10. The Morgan fingerprint density at radius 3 is 2.78 bits per heavy atom. The predicted molar refractivity (Wildman–Crippen MR) is 105 cm³/mol. The average molecular weight is 433 g/mol. The van der Waals surface area contributed by atoms with E-state index in [2.05, 4.69) is 26.2 Å². The Kier molecular flexibility index (Phi) is 5.51. The fourth-order valence-electron chi connectivity index (χ4n) is 3.18. The molecule has 1 amide bonds. The molecule has 1 heterocycles. The molecule has 0 radical (unpaired) electrons. The lowest BCUT2D eigenvalue weighted by molar-refractivity contribution is 0.0910. The largest absolute Gasteiger partial charge is 0.492 e. The van der Waals surface area contributed by atoms with Crippen molar-refractivity contribution in [3.63, 3.8) is 0 Å². The van der Waals surface area contributed by atoms with Gasteiger partial charge in [0, 0.05) is 22.2 Å². The van der Waals surface area contributed by atoms with Crippen LogP contribution in [0.4, 0.5) is 0 Å². The van der Waals surface area contributed by atoms with Crippen molar-refractivity contribution < 1.29 is 14.3 Å². The molecule has 2 aromatic rings. The third-order valence-corrected chi connectivity index (χ3v) is 4.91. The van der Waals surface area contributed by atoms with Crippen LogP contribution in [-0.2, 0) is 6.42 Å². The number of carbonyl (C=O) groups is 2. The summed E-state index contributed by atoms with van der Waals surface area (Å²) in [6.45, 7) is 4.47. The fraction of sp³-hybridized carbons (Fsp3) is 0.350. The van der Waals surface area contributed by atoms with Crippen LogP contribution in [0.3, 0.4) is 0 Å². The molecule has 27 heavy (non-hydrogen) atoms. The van der Waals surface area contributed by atoms with Crippen LogP contribution in [0.25, 0.3) is 0 Å². The van der Waals surface area contributed by atoms with Gasteiger partial charge in [-0.15, -0.1) is 0 Å². The SMILES string of the molecule is CC1(C)CC(=O)c2cc(C(=O)NCCOc3cccc(Br)c3)c(=O)[nH]c2C1. The lowest BCUT2D eigenvalue weighted by atomic mass is 9.75. The van der Waals surface area contributed by atoms with E-state index in [9.17, 15) is 14.4 Å². The van der Waals surface area contributed by atoms with Gasteiger partial charge in [0.05, 0.1) is 6.54 Å². The van der Waals surface area contributed by atoms with Gasteiger partial charge in [0.15, 0.2) is 5.78 Å². The Bertz CT molecular complexity index is 949. The molecule has 1 aliphatic rings. The van der Waals surface area contributed by atoms with Crippen molar-refractivity contribution in [2.45, 2.75) is 26.7 Å². The van der Waals surface area contributed by atoms with Gasteiger partial charge in [-0.05, 0) is 36.1 Å². The number of aromatic nitrogens is 1. The van der Waals surface area contributed by atoms with Crippen LogP contribution in [0.2, 0.25) is 0 Å². The summed E-state index contributed by atoms with van der Waals surface area (Å²) < 4.78 is 6.45. The van der Waals surface area contributed by atoms with E-state index in [0.717, 1.165) is 4.47 Å². The summed E-state index contributed by atoms with van der Waals surface area (Å²) in [5.41, 5.74) is 0.315. The van der Waals surface area contributed by atoms with Crippen LogP contribution in [0, 0.1) is 5.41 Å². The molecule has 0 bridgehead atoms. The Balaban J connectivity index is 1.64. The lowest BCUT2D eigenvalue weighted by Crippen LogP contribution is -2.35. The van der Waals surface area contributed by atoms with Gasteiger partial charge >= 0.3 is 0 Å². The Morgan fingerprint density at radius 1 is 1.26 bits per heavy atom. The summed E-state index contributed by atoms with van der Waals surface area (Å²) in [6, 6.07) is 8.79. The van der Waals surface area contributed by atoms with Gasteiger partial charge in [0.25, 0.3) is 11.5 Å². The number of ketones is 1. The molecular formula is C20H21BrN2O4. The molecule has 1 aliphatic carbocycles. The number of ether oxygens (including phenoxy) is 1. The highest BCUT2D eigenvalue weighted by atomic mass is 79.9. The van der Waals surface area contributed by atoms with Crippen LogP contribution in [0.1, 0.15) is 46.7 Å². The zero-order valence-corrected chi connectivity index (χ0v) is 16.8. The normalized spacial score (nSPS) is 15.1. The molecule has 0 aliphatic heterocycles. The van der Waals surface area contributed by atoms with E-state index in [1.54, 1.807) is 0 Å². The third-order valence-electron chi connectivity index (χ3n) is 4.41. The van der Waals surface area contributed by atoms with Gasteiger partial charge < -0.3 is 15.0 Å². The number of fused-ring (bicyclic) bond motifs is 1. The summed E-state index contributed by atoms with van der Waals surface area (Å²) in [5.74, 6) is 0.109. The number of halogens is 1. The number of rotatable bonds is 5. The topological polar surface area (TPSA) is 88.3 Å². The first-order chi connectivity index (χ1) is 12.7. The molecule has 3 rings (SSSR count). The van der Waals surface area contributed by atoms with Gasteiger partial charge in [-0.25, -0.2) is 0 Å². The first kappa shape index (κ1) is 19.4. The summed E-state index contributed by atoms with van der Waals surface area (Å²) >= 11 is 3.36. The van der Waals surface area contributed by atoms with Gasteiger partial charge in [-0.3, -0.25) is 14.4 Å². The van der Waals surface area contributed by atoms with E-state index >= 15 is 0 Å². The van der Waals surface area contributed by atoms with Gasteiger partial charge in [0.1, 0.15) is 17.9 Å². The summed E-state index contributed by atoms with van der Waals surface area (Å²) in [7, 11) is 0. The number of hydrogen-bond donors (Lipinski definition) is 2. The van der Waals surface area contributed by atoms with Crippen LogP contribution in [-0.4, -0.2) is 29.8 Å². The van der Waals surface area contributed by atoms with Crippen LogP contribution in [0.15, 0.2) is 39.6 Å². The summed E-state index contributed by atoms with van der Waals surface area (Å²) in [5, 5.41) is 2.66. The van der Waals surface area contributed by atoms with Crippen molar-refractivity contribution in [1.29, 1.82) is 0 Å². The maximum Gasteiger partial charge on any atom is 0.261 e. The number of carbonyl (C=O) groups excluding carboxylic acids is 2. The zero-order valence-electron chi connectivity index (χ0n) is 15.2. The molecular weight excluding hydrogens is 412 g/mol. The van der Waals surface area contributed by atoms with Crippen LogP contribution < -0.4 is 15.6 Å². The third kappa shape index (κ3) is 4.66. The smallest absolute Gasteiger partial charge is 0.261 e. The van der Waals surface area contributed by atoms with Gasteiger partial charge in [-0.1, -0.05) is 35.8 Å². The maximum absolute atomic E-state index is 12.4. The highest BCUT2D eigenvalue weighted by Crippen LogP contribution is 2.33. The molecule has 0 unspecified atom stereocenters. The molecule has 0 fully saturated rings. The van der Waals surface area contributed by atoms with Gasteiger partial charge in [0.2, 0.25) is 0 Å². The van der Waals surface area contributed by atoms with Crippen molar-refractivity contribution in [3.05, 3.63) is 62.0 Å². The molecule has 0 atom stereocenters. The number of benzene rings is 1. The van der Waals surface area contributed by atoms with E-state index in [1.807, 2.05) is 38.1 Å². The molecule has 6 nitrogen and oxygen atoms in total. The summed E-state index contributed by atoms with van der Waals surface area (Å²) in [6.07, 6.45) is 0.999. The molecule has 0 spiro atoms. The lowest BCUT2D eigenvalue weighted by Gasteiger charge is -2.29. The van der Waals surface area contributed by atoms with E-state index in [1.165, 1.54) is 6.07 Å². The van der Waals surface area contributed by atoms with E-state index in [0.29, 0.717) is 29.8 Å². The number of H-pyrrole nitrogens is 1. The van der Waals surface area contributed by atoms with Gasteiger partial charge in [-0.2, -0.15) is 0 Å². The molecule has 2 N–H and O–H groups in total. The monoisotopic (exact) mass is 432 g/mol. The number of pyridine rings is 1. The first-order valence-electron chi connectivity index (χ1n) is 8.71. The minimum Gasteiger partial charge on any atom is -0.492 e. The first-order valence-corrected chi connectivity index (χ1v) is 9.50. The molecule has 1 aromatic carbocycles. The number of amides is 1. The zero-order chi connectivity index (χ0) is 19.6. The van der Waals surface area contributed by atoms with Crippen molar-refractivity contribution in [2.24, 2.45) is 5.41 Å². The average Bonchev–Trinajstić information content (AvgIpc) is 2.57. The highest BCUT2D eigenvalue weighted by Gasteiger charge is 2.32. The molecule has 0 saturated heterocycles. The molecule has 0 saturated carbocycles. The minimum absolute atomic E-state index is 0.0514. The van der Waals surface area contributed by atoms with Crippen molar-refractivity contribution in [2.75, 3.05) is 13.2 Å². The second kappa shape index (κ2) is 7.68. The second-order valence-electron chi connectivity index (χ2n) is 7.41. The minimum atomic E-state index is -0.519. The van der Waals surface area contributed by atoms with E-state index in [4.69, 9.17) is 4.74 Å². The number of aromatic amines is 1. The number of hydrogen-bond acceptors (Lipinski definition) is 4. The Hall–Kier alpha value is -2.41. The van der Waals surface area contributed by atoms with Crippen LogP contribution in [0.5, 0.6) is 5.75 Å². The van der Waals surface area contributed by atoms with Crippen molar-refractivity contribution in [3.8, 4) is 5.75 Å². The molecule has 142 valence electrons. The number of Topliss-reactive ketones (excluding diaryl/α,β-unsaturated/α-hetero) is 1.